The van der Waals surface area contributed by atoms with Gasteiger partial charge in [0.2, 0.25) is 0 Å². The molecule has 0 aliphatic heterocycles. The van der Waals surface area contributed by atoms with Crippen molar-refractivity contribution in [3.05, 3.63) is 12.2 Å². The van der Waals surface area contributed by atoms with Crippen molar-refractivity contribution < 1.29 is 9.53 Å². The van der Waals surface area contributed by atoms with Crippen molar-refractivity contribution in [2.45, 2.75) is 58.6 Å². The van der Waals surface area contributed by atoms with Crippen molar-refractivity contribution in [1.29, 1.82) is 0 Å². The van der Waals surface area contributed by atoms with E-state index in [1.54, 1.807) is 0 Å². The van der Waals surface area contributed by atoms with Gasteiger partial charge < -0.3 is 15.4 Å². The molecule has 0 radical (unpaired) electrons. The Morgan fingerprint density at radius 3 is 2.63 bits per heavy atom. The first-order valence-corrected chi connectivity index (χ1v) is 7.12. The van der Waals surface area contributed by atoms with Gasteiger partial charge >= 0.3 is 6.09 Å². The summed E-state index contributed by atoms with van der Waals surface area (Å²) in [5.74, 6) is 0.492. The van der Waals surface area contributed by atoms with E-state index < -0.39 is 5.60 Å². The van der Waals surface area contributed by atoms with E-state index in [4.69, 9.17) is 4.74 Å². The molecule has 1 fully saturated rings. The lowest BCUT2D eigenvalue weighted by Gasteiger charge is -2.23. The Hall–Kier alpha value is -1.03. The van der Waals surface area contributed by atoms with Crippen molar-refractivity contribution >= 4 is 6.09 Å². The van der Waals surface area contributed by atoms with Crippen LogP contribution in [0, 0.1) is 5.92 Å². The SMILES string of the molecule is C=C(C)CNC1CCCC1CNC(=O)OC(C)(C)C. The number of carbonyl (C=O) groups is 1. The first-order chi connectivity index (χ1) is 8.78. The maximum absolute atomic E-state index is 11.6. The minimum atomic E-state index is -0.433. The molecule has 4 heteroatoms. The summed E-state index contributed by atoms with van der Waals surface area (Å²) in [4.78, 5) is 11.6. The minimum Gasteiger partial charge on any atom is -0.444 e. The Balaban J connectivity index is 2.31. The van der Waals surface area contributed by atoms with Crippen LogP contribution in [-0.4, -0.2) is 30.8 Å². The monoisotopic (exact) mass is 268 g/mol. The number of hydrogen-bond donors (Lipinski definition) is 2. The Morgan fingerprint density at radius 2 is 2.05 bits per heavy atom. The van der Waals surface area contributed by atoms with Crippen LogP contribution >= 0.6 is 0 Å². The van der Waals surface area contributed by atoms with Crippen molar-refractivity contribution in [2.24, 2.45) is 5.92 Å². The van der Waals surface area contributed by atoms with Crippen LogP contribution in [-0.2, 0) is 4.74 Å². The number of rotatable bonds is 5. The predicted molar refractivity (Wildman–Crippen MR) is 78.2 cm³/mol. The van der Waals surface area contributed by atoms with Crippen molar-refractivity contribution in [3.8, 4) is 0 Å². The molecule has 2 unspecified atom stereocenters. The van der Waals surface area contributed by atoms with Gasteiger partial charge in [-0.15, -0.1) is 0 Å². The fourth-order valence-electron chi connectivity index (χ4n) is 2.38. The molecule has 1 rings (SSSR count). The van der Waals surface area contributed by atoms with Gasteiger partial charge in [0.1, 0.15) is 5.60 Å². The molecule has 1 aliphatic carbocycles. The molecule has 19 heavy (non-hydrogen) atoms. The number of carbonyl (C=O) groups excluding carboxylic acids is 1. The third kappa shape index (κ3) is 6.62. The van der Waals surface area contributed by atoms with Crippen LogP contribution in [0.25, 0.3) is 0 Å². The summed E-state index contributed by atoms with van der Waals surface area (Å²) in [6.07, 6.45) is 3.23. The summed E-state index contributed by atoms with van der Waals surface area (Å²) in [6, 6.07) is 0.478. The molecule has 0 aromatic carbocycles. The highest BCUT2D eigenvalue weighted by Gasteiger charge is 2.27. The third-order valence-electron chi connectivity index (χ3n) is 3.23. The Bertz CT molecular complexity index is 321. The number of nitrogens with one attached hydrogen (secondary N) is 2. The van der Waals surface area contributed by atoms with E-state index in [0.717, 1.165) is 18.5 Å². The highest BCUT2D eigenvalue weighted by atomic mass is 16.6. The fraction of sp³-hybridized carbons (Fsp3) is 0.800. The van der Waals surface area contributed by atoms with Gasteiger partial charge in [0.05, 0.1) is 0 Å². The van der Waals surface area contributed by atoms with E-state index in [9.17, 15) is 4.79 Å². The summed E-state index contributed by atoms with van der Waals surface area (Å²) in [5, 5.41) is 6.39. The normalized spacial score (nSPS) is 23.2. The number of hydrogen-bond acceptors (Lipinski definition) is 3. The summed E-state index contributed by atoms with van der Waals surface area (Å²) in [7, 11) is 0. The second-order valence-corrected chi connectivity index (χ2v) is 6.52. The largest absolute Gasteiger partial charge is 0.444 e. The maximum atomic E-state index is 11.6. The van der Waals surface area contributed by atoms with E-state index in [1.807, 2.05) is 27.7 Å². The van der Waals surface area contributed by atoms with E-state index in [1.165, 1.54) is 12.8 Å². The van der Waals surface area contributed by atoms with Gasteiger partial charge in [-0.05, 0) is 46.5 Å². The average Bonchev–Trinajstić information content (AvgIpc) is 2.68. The lowest BCUT2D eigenvalue weighted by Crippen LogP contribution is -2.41. The Labute approximate surface area is 117 Å². The zero-order chi connectivity index (χ0) is 14.5. The molecule has 1 aliphatic rings. The van der Waals surface area contributed by atoms with Crippen molar-refractivity contribution in [1.82, 2.24) is 10.6 Å². The summed E-state index contributed by atoms with van der Waals surface area (Å²) in [5.41, 5.74) is 0.711. The van der Waals surface area contributed by atoms with Gasteiger partial charge in [0, 0.05) is 19.1 Å². The third-order valence-corrected chi connectivity index (χ3v) is 3.23. The van der Waals surface area contributed by atoms with Crippen LogP contribution in [0.4, 0.5) is 4.79 Å². The standard InChI is InChI=1S/C15H28N2O2/c1-11(2)9-16-13-8-6-7-12(13)10-17-14(18)19-15(3,4)5/h12-13,16H,1,6-10H2,2-5H3,(H,17,18). The number of amides is 1. The molecule has 2 atom stereocenters. The smallest absolute Gasteiger partial charge is 0.407 e. The maximum Gasteiger partial charge on any atom is 0.407 e. The van der Waals surface area contributed by atoms with E-state index in [0.29, 0.717) is 18.5 Å². The first-order valence-electron chi connectivity index (χ1n) is 7.12. The van der Waals surface area contributed by atoms with Crippen LogP contribution in [0.3, 0.4) is 0 Å². The molecule has 4 nitrogen and oxygen atoms in total. The van der Waals surface area contributed by atoms with E-state index in [2.05, 4.69) is 17.2 Å². The average molecular weight is 268 g/mol. The van der Waals surface area contributed by atoms with Crippen LogP contribution < -0.4 is 10.6 Å². The Morgan fingerprint density at radius 1 is 1.37 bits per heavy atom. The van der Waals surface area contributed by atoms with Crippen LogP contribution in [0.1, 0.15) is 47.0 Å². The van der Waals surface area contributed by atoms with Gasteiger partial charge in [-0.3, -0.25) is 0 Å². The van der Waals surface area contributed by atoms with Crippen molar-refractivity contribution in [3.63, 3.8) is 0 Å². The molecule has 0 heterocycles. The lowest BCUT2D eigenvalue weighted by molar-refractivity contribution is 0.0517. The van der Waals surface area contributed by atoms with E-state index >= 15 is 0 Å². The fourth-order valence-corrected chi connectivity index (χ4v) is 2.38. The van der Waals surface area contributed by atoms with Gasteiger partial charge in [-0.1, -0.05) is 18.6 Å². The molecule has 1 saturated carbocycles. The molecule has 0 bridgehead atoms. The van der Waals surface area contributed by atoms with Crippen LogP contribution in [0.2, 0.25) is 0 Å². The van der Waals surface area contributed by atoms with Crippen LogP contribution in [0.15, 0.2) is 12.2 Å². The molecule has 0 aromatic heterocycles. The second-order valence-electron chi connectivity index (χ2n) is 6.52. The molecule has 0 spiro atoms. The molecular formula is C15H28N2O2. The summed E-state index contributed by atoms with van der Waals surface area (Å²) >= 11 is 0. The van der Waals surface area contributed by atoms with Gasteiger partial charge in [0.15, 0.2) is 0 Å². The van der Waals surface area contributed by atoms with Crippen molar-refractivity contribution in [2.75, 3.05) is 13.1 Å². The van der Waals surface area contributed by atoms with Crippen LogP contribution in [0.5, 0.6) is 0 Å². The summed E-state index contributed by atoms with van der Waals surface area (Å²) < 4.78 is 5.25. The zero-order valence-corrected chi connectivity index (χ0v) is 12.7. The Kier molecular flexibility index (Phi) is 5.85. The molecule has 0 aromatic rings. The number of ether oxygens (including phenoxy) is 1. The van der Waals surface area contributed by atoms with Gasteiger partial charge in [-0.2, -0.15) is 0 Å². The zero-order valence-electron chi connectivity index (χ0n) is 12.7. The first kappa shape index (κ1) is 16.0. The highest BCUT2D eigenvalue weighted by molar-refractivity contribution is 5.67. The summed E-state index contributed by atoms with van der Waals surface area (Å²) in [6.45, 7) is 13.1. The van der Waals surface area contributed by atoms with Gasteiger partial charge in [0.25, 0.3) is 0 Å². The molecule has 0 saturated heterocycles. The molecule has 1 amide bonds. The number of alkyl carbamates (subject to hydrolysis) is 1. The second kappa shape index (κ2) is 6.94. The molecular weight excluding hydrogens is 240 g/mol. The quantitative estimate of drug-likeness (QED) is 0.754. The predicted octanol–water partition coefficient (Wildman–Crippen LogP) is 2.85. The molecule has 2 N–H and O–H groups in total. The lowest BCUT2D eigenvalue weighted by atomic mass is 10.0. The van der Waals surface area contributed by atoms with E-state index in [-0.39, 0.29) is 6.09 Å². The van der Waals surface area contributed by atoms with Gasteiger partial charge in [-0.25, -0.2) is 4.79 Å². The molecule has 110 valence electrons. The highest BCUT2D eigenvalue weighted by Crippen LogP contribution is 2.25. The topological polar surface area (TPSA) is 50.4 Å². The minimum absolute atomic E-state index is 0.321.